The van der Waals surface area contributed by atoms with Crippen molar-refractivity contribution in [3.63, 3.8) is 0 Å². The van der Waals surface area contributed by atoms with Gasteiger partial charge in [-0.2, -0.15) is 0 Å². The standard InChI is InChI=1S/C12H16N2O5S/c1-9(7-12(16)17)14-11(15)8-13-20(18,19)10-5-3-2-4-6-10/h2-6,9,13H,7-8H2,1H3,(H,14,15)(H,16,17). The third-order valence-electron chi connectivity index (χ3n) is 2.36. The van der Waals surface area contributed by atoms with E-state index in [4.69, 9.17) is 5.11 Å². The van der Waals surface area contributed by atoms with Gasteiger partial charge in [0, 0.05) is 6.04 Å². The van der Waals surface area contributed by atoms with Crippen LogP contribution in [0.5, 0.6) is 0 Å². The number of hydrogen-bond donors (Lipinski definition) is 3. The number of hydrogen-bond acceptors (Lipinski definition) is 4. The summed E-state index contributed by atoms with van der Waals surface area (Å²) in [6.45, 7) is 1.08. The first-order valence-corrected chi connectivity index (χ1v) is 7.35. The Balaban J connectivity index is 2.51. The van der Waals surface area contributed by atoms with Gasteiger partial charge in [0.15, 0.2) is 0 Å². The molecule has 0 aliphatic heterocycles. The van der Waals surface area contributed by atoms with Crippen molar-refractivity contribution in [3.8, 4) is 0 Å². The van der Waals surface area contributed by atoms with E-state index in [-0.39, 0.29) is 11.3 Å². The molecule has 20 heavy (non-hydrogen) atoms. The molecule has 0 saturated heterocycles. The van der Waals surface area contributed by atoms with E-state index in [1.165, 1.54) is 19.1 Å². The monoisotopic (exact) mass is 300 g/mol. The van der Waals surface area contributed by atoms with Crippen molar-refractivity contribution in [2.75, 3.05) is 6.54 Å². The molecule has 3 N–H and O–H groups in total. The fraction of sp³-hybridized carbons (Fsp3) is 0.333. The number of nitrogens with one attached hydrogen (secondary N) is 2. The van der Waals surface area contributed by atoms with Crippen molar-refractivity contribution in [1.29, 1.82) is 0 Å². The van der Waals surface area contributed by atoms with Gasteiger partial charge in [0.2, 0.25) is 15.9 Å². The van der Waals surface area contributed by atoms with E-state index in [1.54, 1.807) is 18.2 Å². The van der Waals surface area contributed by atoms with Crippen LogP contribution in [0, 0.1) is 0 Å². The topological polar surface area (TPSA) is 113 Å². The van der Waals surface area contributed by atoms with E-state index in [2.05, 4.69) is 10.0 Å². The number of sulfonamides is 1. The normalized spacial score (nSPS) is 12.7. The largest absolute Gasteiger partial charge is 0.481 e. The number of benzene rings is 1. The number of carbonyl (C=O) groups is 2. The molecule has 1 amide bonds. The molecular weight excluding hydrogens is 284 g/mol. The van der Waals surface area contributed by atoms with Gasteiger partial charge in [0.1, 0.15) is 0 Å². The Hall–Kier alpha value is -1.93. The van der Waals surface area contributed by atoms with Crippen LogP contribution in [-0.2, 0) is 19.6 Å². The number of aliphatic carboxylic acids is 1. The highest BCUT2D eigenvalue weighted by Crippen LogP contribution is 2.06. The quantitative estimate of drug-likeness (QED) is 0.653. The van der Waals surface area contributed by atoms with Crippen molar-refractivity contribution in [2.24, 2.45) is 0 Å². The molecule has 0 aliphatic rings. The summed E-state index contributed by atoms with van der Waals surface area (Å²) >= 11 is 0. The van der Waals surface area contributed by atoms with Gasteiger partial charge in [-0.25, -0.2) is 13.1 Å². The minimum absolute atomic E-state index is 0.0615. The number of amides is 1. The van der Waals surface area contributed by atoms with E-state index in [9.17, 15) is 18.0 Å². The lowest BCUT2D eigenvalue weighted by molar-refractivity contribution is -0.137. The Labute approximate surface area is 117 Å². The fourth-order valence-electron chi connectivity index (χ4n) is 1.48. The van der Waals surface area contributed by atoms with Crippen molar-refractivity contribution < 1.29 is 23.1 Å². The summed E-state index contributed by atoms with van der Waals surface area (Å²) in [7, 11) is -3.74. The van der Waals surface area contributed by atoms with Crippen LogP contribution >= 0.6 is 0 Å². The molecule has 1 aromatic carbocycles. The Morgan fingerprint density at radius 1 is 1.25 bits per heavy atom. The van der Waals surface area contributed by atoms with Crippen LogP contribution in [0.1, 0.15) is 13.3 Å². The molecule has 0 aliphatic carbocycles. The molecule has 1 unspecified atom stereocenters. The van der Waals surface area contributed by atoms with Gasteiger partial charge < -0.3 is 10.4 Å². The SMILES string of the molecule is CC(CC(=O)O)NC(=O)CNS(=O)(=O)c1ccccc1. The highest BCUT2D eigenvalue weighted by molar-refractivity contribution is 7.89. The number of carboxylic acid groups (broad SMARTS) is 1. The van der Waals surface area contributed by atoms with Crippen LogP contribution in [0.4, 0.5) is 0 Å². The Morgan fingerprint density at radius 2 is 1.85 bits per heavy atom. The average molecular weight is 300 g/mol. The van der Waals surface area contributed by atoms with E-state index in [0.717, 1.165) is 0 Å². The third kappa shape index (κ3) is 5.37. The third-order valence-corrected chi connectivity index (χ3v) is 3.78. The van der Waals surface area contributed by atoms with E-state index in [1.807, 2.05) is 0 Å². The van der Waals surface area contributed by atoms with Gasteiger partial charge in [0.05, 0.1) is 17.9 Å². The second kappa shape index (κ2) is 7.01. The van der Waals surface area contributed by atoms with Gasteiger partial charge in [-0.3, -0.25) is 9.59 Å². The minimum Gasteiger partial charge on any atom is -0.481 e. The zero-order valence-corrected chi connectivity index (χ0v) is 11.7. The molecule has 1 aromatic rings. The second-order valence-corrected chi connectivity index (χ2v) is 5.97. The van der Waals surface area contributed by atoms with Crippen LogP contribution in [0.15, 0.2) is 35.2 Å². The molecule has 0 saturated carbocycles. The Kier molecular flexibility index (Phi) is 5.66. The van der Waals surface area contributed by atoms with Crippen molar-refractivity contribution in [1.82, 2.24) is 10.0 Å². The van der Waals surface area contributed by atoms with Gasteiger partial charge in [0.25, 0.3) is 0 Å². The summed E-state index contributed by atoms with van der Waals surface area (Å²) in [6.07, 6.45) is -0.225. The Morgan fingerprint density at radius 3 is 2.40 bits per heavy atom. The summed E-state index contributed by atoms with van der Waals surface area (Å²) in [6, 6.07) is 7.08. The number of carboxylic acids is 1. The highest BCUT2D eigenvalue weighted by Gasteiger charge is 2.16. The van der Waals surface area contributed by atoms with Gasteiger partial charge in [-0.05, 0) is 19.1 Å². The van der Waals surface area contributed by atoms with Gasteiger partial charge in [-0.1, -0.05) is 18.2 Å². The summed E-state index contributed by atoms with van der Waals surface area (Å²) in [5.74, 6) is -1.62. The van der Waals surface area contributed by atoms with E-state index < -0.39 is 34.5 Å². The van der Waals surface area contributed by atoms with Gasteiger partial charge in [-0.15, -0.1) is 0 Å². The van der Waals surface area contributed by atoms with E-state index >= 15 is 0 Å². The van der Waals surface area contributed by atoms with Crippen molar-refractivity contribution in [3.05, 3.63) is 30.3 Å². The molecule has 1 atom stereocenters. The molecule has 0 radical (unpaired) electrons. The maximum atomic E-state index is 11.8. The maximum Gasteiger partial charge on any atom is 0.305 e. The number of carbonyl (C=O) groups excluding carboxylic acids is 1. The van der Waals surface area contributed by atoms with Crippen LogP contribution < -0.4 is 10.0 Å². The molecule has 110 valence electrons. The molecule has 1 rings (SSSR count). The summed E-state index contributed by atoms with van der Waals surface area (Å²) in [5.41, 5.74) is 0. The van der Waals surface area contributed by atoms with Crippen LogP contribution in [0.3, 0.4) is 0 Å². The smallest absolute Gasteiger partial charge is 0.305 e. The first-order chi connectivity index (χ1) is 9.31. The molecule has 0 aromatic heterocycles. The fourth-order valence-corrected chi connectivity index (χ4v) is 2.49. The lowest BCUT2D eigenvalue weighted by Crippen LogP contribution is -2.41. The predicted molar refractivity (Wildman–Crippen MR) is 71.5 cm³/mol. The lowest BCUT2D eigenvalue weighted by Gasteiger charge is -2.12. The number of rotatable bonds is 7. The minimum atomic E-state index is -3.74. The second-order valence-electron chi connectivity index (χ2n) is 4.20. The molecular formula is C12H16N2O5S. The van der Waals surface area contributed by atoms with Crippen molar-refractivity contribution in [2.45, 2.75) is 24.3 Å². The van der Waals surface area contributed by atoms with Gasteiger partial charge >= 0.3 is 5.97 Å². The summed E-state index contributed by atoms with van der Waals surface area (Å²) in [5, 5.41) is 10.9. The van der Waals surface area contributed by atoms with Crippen LogP contribution in [-0.4, -0.2) is 38.0 Å². The first-order valence-electron chi connectivity index (χ1n) is 5.87. The maximum absolute atomic E-state index is 11.8. The molecule has 0 bridgehead atoms. The first kappa shape index (κ1) is 16.1. The average Bonchev–Trinajstić information content (AvgIpc) is 2.36. The van der Waals surface area contributed by atoms with Crippen LogP contribution in [0.25, 0.3) is 0 Å². The molecule has 7 nitrogen and oxygen atoms in total. The van der Waals surface area contributed by atoms with E-state index in [0.29, 0.717) is 0 Å². The predicted octanol–water partition coefficient (Wildman–Crippen LogP) is -0.0557. The molecule has 0 fully saturated rings. The molecule has 0 heterocycles. The van der Waals surface area contributed by atoms with Crippen molar-refractivity contribution >= 4 is 21.9 Å². The summed E-state index contributed by atoms with van der Waals surface area (Å²) < 4.78 is 25.8. The zero-order chi connectivity index (χ0) is 15.2. The summed E-state index contributed by atoms with van der Waals surface area (Å²) in [4.78, 5) is 22.0. The Bertz CT molecular complexity index is 571. The highest BCUT2D eigenvalue weighted by atomic mass is 32.2. The lowest BCUT2D eigenvalue weighted by atomic mass is 10.2. The molecule has 8 heteroatoms. The van der Waals surface area contributed by atoms with Crippen LogP contribution in [0.2, 0.25) is 0 Å². The zero-order valence-electron chi connectivity index (χ0n) is 10.9. The molecule has 0 spiro atoms.